The molecule has 1 aromatic carbocycles. The summed E-state index contributed by atoms with van der Waals surface area (Å²) >= 11 is 0. The van der Waals surface area contributed by atoms with E-state index < -0.39 is 12.0 Å². The lowest BCUT2D eigenvalue weighted by Crippen LogP contribution is -2.49. The van der Waals surface area contributed by atoms with Crippen molar-refractivity contribution < 1.29 is 14.6 Å². The molecule has 134 valence electrons. The standard InChI is InChI=1S/C19H25N3O3/c1-13(2)12-21-6-8-22(9-7-21)18(19(23)24)16-11-20-17-5-4-14(25-3)10-15(16)17/h4-5,10-11,18,20H,1,6-9,12H2,2-3H3,(H,23,24). The van der Waals surface area contributed by atoms with E-state index in [2.05, 4.69) is 16.5 Å². The molecule has 2 aromatic rings. The predicted octanol–water partition coefficient (Wildman–Crippen LogP) is 2.50. The molecule has 0 amide bonds. The molecule has 1 aliphatic rings. The van der Waals surface area contributed by atoms with Crippen molar-refractivity contribution in [2.45, 2.75) is 13.0 Å². The number of rotatable bonds is 6. The van der Waals surface area contributed by atoms with Crippen molar-refractivity contribution in [1.82, 2.24) is 14.8 Å². The summed E-state index contributed by atoms with van der Waals surface area (Å²) < 4.78 is 5.29. The fourth-order valence-corrected chi connectivity index (χ4v) is 3.52. The third kappa shape index (κ3) is 3.70. The van der Waals surface area contributed by atoms with Crippen LogP contribution < -0.4 is 4.74 Å². The molecule has 6 nitrogen and oxygen atoms in total. The van der Waals surface area contributed by atoms with E-state index in [9.17, 15) is 9.90 Å². The van der Waals surface area contributed by atoms with Crippen molar-refractivity contribution in [3.8, 4) is 5.75 Å². The molecule has 1 unspecified atom stereocenters. The largest absolute Gasteiger partial charge is 0.497 e. The van der Waals surface area contributed by atoms with Gasteiger partial charge in [0.25, 0.3) is 0 Å². The van der Waals surface area contributed by atoms with Gasteiger partial charge in [-0.3, -0.25) is 14.6 Å². The predicted molar refractivity (Wildman–Crippen MR) is 98.1 cm³/mol. The van der Waals surface area contributed by atoms with E-state index in [1.165, 1.54) is 0 Å². The highest BCUT2D eigenvalue weighted by Gasteiger charge is 2.32. The van der Waals surface area contributed by atoms with Crippen LogP contribution in [0.5, 0.6) is 5.75 Å². The molecule has 2 heterocycles. The number of nitrogens with zero attached hydrogens (tertiary/aromatic N) is 2. The first-order valence-corrected chi connectivity index (χ1v) is 8.48. The van der Waals surface area contributed by atoms with E-state index in [0.717, 1.165) is 60.5 Å². The zero-order valence-electron chi connectivity index (χ0n) is 14.8. The van der Waals surface area contributed by atoms with Crippen LogP contribution in [-0.2, 0) is 4.79 Å². The highest BCUT2D eigenvalue weighted by atomic mass is 16.5. The number of nitrogens with one attached hydrogen (secondary N) is 1. The van der Waals surface area contributed by atoms with Crippen LogP contribution in [0.15, 0.2) is 36.5 Å². The van der Waals surface area contributed by atoms with Gasteiger partial charge in [-0.1, -0.05) is 12.2 Å². The Morgan fingerprint density at radius 3 is 2.68 bits per heavy atom. The normalized spacial score (nSPS) is 17.5. The Bertz CT molecular complexity index is 775. The monoisotopic (exact) mass is 343 g/mol. The highest BCUT2D eigenvalue weighted by Crippen LogP contribution is 2.31. The number of aliphatic carboxylic acids is 1. The lowest BCUT2D eigenvalue weighted by molar-refractivity contribution is -0.144. The van der Waals surface area contributed by atoms with Crippen molar-refractivity contribution in [2.75, 3.05) is 39.8 Å². The van der Waals surface area contributed by atoms with Crippen molar-refractivity contribution in [3.05, 3.63) is 42.1 Å². The van der Waals surface area contributed by atoms with Gasteiger partial charge in [0.1, 0.15) is 11.8 Å². The van der Waals surface area contributed by atoms with Crippen LogP contribution in [-0.4, -0.2) is 65.7 Å². The minimum Gasteiger partial charge on any atom is -0.497 e. The summed E-state index contributed by atoms with van der Waals surface area (Å²) in [5.41, 5.74) is 2.84. The Hall–Kier alpha value is -2.31. The summed E-state index contributed by atoms with van der Waals surface area (Å²) in [7, 11) is 1.61. The van der Waals surface area contributed by atoms with E-state index in [-0.39, 0.29) is 0 Å². The summed E-state index contributed by atoms with van der Waals surface area (Å²) in [6, 6.07) is 5.03. The van der Waals surface area contributed by atoms with E-state index in [0.29, 0.717) is 0 Å². The number of ether oxygens (including phenoxy) is 1. The van der Waals surface area contributed by atoms with Crippen LogP contribution in [0.2, 0.25) is 0 Å². The Balaban J connectivity index is 1.85. The third-order valence-electron chi connectivity index (χ3n) is 4.71. The number of hydrogen-bond donors (Lipinski definition) is 2. The summed E-state index contributed by atoms with van der Waals surface area (Å²) in [4.78, 5) is 19.6. The minimum absolute atomic E-state index is 0.659. The van der Waals surface area contributed by atoms with Gasteiger partial charge in [0.15, 0.2) is 0 Å². The van der Waals surface area contributed by atoms with Crippen LogP contribution >= 0.6 is 0 Å². The van der Waals surface area contributed by atoms with Crippen molar-refractivity contribution >= 4 is 16.9 Å². The number of methoxy groups -OCH3 is 1. The molecule has 1 fully saturated rings. The molecule has 3 rings (SSSR count). The molecule has 0 spiro atoms. The Labute approximate surface area is 147 Å². The second-order valence-corrected chi connectivity index (χ2v) is 6.67. The fourth-order valence-electron chi connectivity index (χ4n) is 3.52. The summed E-state index contributed by atoms with van der Waals surface area (Å²) in [6.45, 7) is 9.99. The Kier molecular flexibility index (Phi) is 5.11. The fraction of sp³-hybridized carbons (Fsp3) is 0.421. The quantitative estimate of drug-likeness (QED) is 0.789. The minimum atomic E-state index is -0.822. The van der Waals surface area contributed by atoms with Gasteiger partial charge in [0.05, 0.1) is 7.11 Å². The maximum absolute atomic E-state index is 12.0. The second-order valence-electron chi connectivity index (χ2n) is 6.67. The maximum atomic E-state index is 12.0. The van der Waals surface area contributed by atoms with Crippen LogP contribution in [0.4, 0.5) is 0 Å². The lowest BCUT2D eigenvalue weighted by Gasteiger charge is -2.37. The first-order chi connectivity index (χ1) is 12.0. The number of hydrogen-bond acceptors (Lipinski definition) is 4. The summed E-state index contributed by atoms with van der Waals surface area (Å²) in [5, 5.41) is 10.8. The van der Waals surface area contributed by atoms with Crippen LogP contribution in [0.1, 0.15) is 18.5 Å². The molecule has 2 N–H and O–H groups in total. The molecule has 1 atom stereocenters. The van der Waals surface area contributed by atoms with Gasteiger partial charge in [-0.2, -0.15) is 0 Å². The molecule has 1 aliphatic heterocycles. The Morgan fingerprint density at radius 2 is 2.08 bits per heavy atom. The van der Waals surface area contributed by atoms with Gasteiger partial charge in [-0.05, 0) is 25.1 Å². The first kappa shape index (κ1) is 17.5. The zero-order valence-corrected chi connectivity index (χ0v) is 14.8. The van der Waals surface area contributed by atoms with Gasteiger partial charge in [0, 0.05) is 55.4 Å². The highest BCUT2D eigenvalue weighted by molar-refractivity contribution is 5.90. The molecular weight excluding hydrogens is 318 g/mol. The molecular formula is C19H25N3O3. The number of aromatic amines is 1. The molecule has 0 bridgehead atoms. The molecule has 0 saturated carbocycles. The van der Waals surface area contributed by atoms with Crippen molar-refractivity contribution in [2.24, 2.45) is 0 Å². The average molecular weight is 343 g/mol. The number of carbonyl (C=O) groups is 1. The number of carboxylic acids is 1. The number of benzene rings is 1. The molecule has 0 radical (unpaired) electrons. The van der Waals surface area contributed by atoms with Gasteiger partial charge in [-0.15, -0.1) is 0 Å². The summed E-state index contributed by atoms with van der Waals surface area (Å²) in [5.74, 6) is -0.0964. The topological polar surface area (TPSA) is 68.8 Å². The summed E-state index contributed by atoms with van der Waals surface area (Å²) in [6.07, 6.45) is 1.81. The molecule has 25 heavy (non-hydrogen) atoms. The van der Waals surface area contributed by atoms with Gasteiger partial charge < -0.3 is 14.8 Å². The van der Waals surface area contributed by atoms with E-state index >= 15 is 0 Å². The van der Waals surface area contributed by atoms with Gasteiger partial charge in [-0.25, -0.2) is 0 Å². The Morgan fingerprint density at radius 1 is 1.36 bits per heavy atom. The van der Waals surface area contributed by atoms with Crippen LogP contribution in [0, 0.1) is 0 Å². The van der Waals surface area contributed by atoms with Crippen LogP contribution in [0.3, 0.4) is 0 Å². The van der Waals surface area contributed by atoms with Gasteiger partial charge >= 0.3 is 5.97 Å². The first-order valence-electron chi connectivity index (χ1n) is 8.48. The zero-order chi connectivity index (χ0) is 18.0. The molecule has 6 heteroatoms. The van der Waals surface area contributed by atoms with E-state index in [1.807, 2.05) is 36.2 Å². The molecule has 0 aliphatic carbocycles. The lowest BCUT2D eigenvalue weighted by atomic mass is 10.0. The van der Waals surface area contributed by atoms with Crippen LogP contribution in [0.25, 0.3) is 10.9 Å². The van der Waals surface area contributed by atoms with E-state index in [4.69, 9.17) is 4.74 Å². The average Bonchev–Trinajstić information content (AvgIpc) is 2.98. The van der Waals surface area contributed by atoms with E-state index in [1.54, 1.807) is 7.11 Å². The number of piperazine rings is 1. The number of H-pyrrole nitrogens is 1. The smallest absolute Gasteiger partial charge is 0.325 e. The second kappa shape index (κ2) is 7.29. The maximum Gasteiger partial charge on any atom is 0.325 e. The third-order valence-corrected chi connectivity index (χ3v) is 4.71. The SMILES string of the molecule is C=C(C)CN1CCN(C(C(=O)O)c2c[nH]c3ccc(OC)cc23)CC1. The van der Waals surface area contributed by atoms with Gasteiger partial charge in [0.2, 0.25) is 0 Å². The van der Waals surface area contributed by atoms with Crippen molar-refractivity contribution in [3.63, 3.8) is 0 Å². The molecule has 1 saturated heterocycles. The van der Waals surface area contributed by atoms with Crippen molar-refractivity contribution in [1.29, 1.82) is 0 Å². The molecule has 1 aromatic heterocycles. The number of fused-ring (bicyclic) bond motifs is 1. The number of carboxylic acid groups (broad SMARTS) is 1. The number of aromatic nitrogens is 1.